The molecule has 4 aromatic heterocycles. The van der Waals surface area contributed by atoms with Gasteiger partial charge in [-0.15, -0.1) is 0 Å². The minimum atomic E-state index is -0.0482. The minimum Gasteiger partial charge on any atom is -0.452 e. The molecule has 0 unspecified atom stereocenters. The number of hydrogen-bond acceptors (Lipinski definition) is 6. The number of nitrogens with zero attached hydrogens (tertiary/aromatic N) is 2. The Balaban J connectivity index is 1.03. The summed E-state index contributed by atoms with van der Waals surface area (Å²) in [5.74, 6) is 0. The first-order valence-electron chi connectivity index (χ1n) is 25.3. The van der Waals surface area contributed by atoms with Gasteiger partial charge >= 0.3 is 0 Å². The molecule has 74 heavy (non-hydrogen) atoms. The van der Waals surface area contributed by atoms with Gasteiger partial charge in [-0.05, 0) is 106 Å². The van der Waals surface area contributed by atoms with Gasteiger partial charge in [0.25, 0.3) is 0 Å². The SMILES string of the molecule is CC(C)(C)c1cc2ccc3c(N(c4ccccc4)c4cccc5c4oc4c5ccc5c6ccccc6oc54)cc(N(c4ccccc4)c4cccc5c4oc4c5ccc5c6ccccc6oc54)c4ccc(c1)c2c34. The summed E-state index contributed by atoms with van der Waals surface area (Å²) in [6.07, 6.45) is 0. The van der Waals surface area contributed by atoms with Gasteiger partial charge in [0.15, 0.2) is 33.5 Å². The molecule has 12 aromatic carbocycles. The Morgan fingerprint density at radius 1 is 0.284 bits per heavy atom. The first-order chi connectivity index (χ1) is 36.3. The van der Waals surface area contributed by atoms with Gasteiger partial charge in [-0.3, -0.25) is 0 Å². The van der Waals surface area contributed by atoms with Gasteiger partial charge in [0.05, 0.1) is 22.7 Å². The molecule has 0 spiro atoms. The van der Waals surface area contributed by atoms with Gasteiger partial charge in [0, 0.05) is 70.6 Å². The Bertz CT molecular complexity index is 4650. The lowest BCUT2D eigenvalue weighted by Gasteiger charge is -2.32. The first-order valence-corrected chi connectivity index (χ1v) is 25.3. The van der Waals surface area contributed by atoms with Gasteiger partial charge in [0.1, 0.15) is 11.2 Å². The van der Waals surface area contributed by atoms with E-state index >= 15 is 0 Å². The highest BCUT2D eigenvalue weighted by Crippen LogP contribution is 2.54. The predicted molar refractivity (Wildman–Crippen MR) is 307 cm³/mol. The highest BCUT2D eigenvalue weighted by atomic mass is 16.4. The lowest BCUT2D eigenvalue weighted by molar-refractivity contribution is 0.591. The van der Waals surface area contributed by atoms with E-state index in [1.54, 1.807) is 0 Å². The summed E-state index contributed by atoms with van der Waals surface area (Å²) in [4.78, 5) is 4.78. The number of anilines is 6. The highest BCUT2D eigenvalue weighted by Gasteiger charge is 2.29. The fourth-order valence-corrected chi connectivity index (χ4v) is 12.1. The van der Waals surface area contributed by atoms with Crippen LogP contribution in [0.15, 0.2) is 230 Å². The highest BCUT2D eigenvalue weighted by molar-refractivity contribution is 6.30. The molecule has 0 aliphatic carbocycles. The largest absolute Gasteiger partial charge is 0.452 e. The standard InChI is InChI=1S/C68H44N2O4/c1-68(2,3)41-36-39-28-30-52-56(69(42-16-6-4-7-17-42)54-24-14-22-46-50-34-32-48-44-20-10-12-26-58(44)71-64(48)66(50)73-62(46)54)38-57(53-31-29-40(37-41)60(39)61(52)53)70(43-18-8-5-9-19-43)55-25-15-23-47-51-35-33-49-45-21-11-13-27-59(45)72-65(49)67(51)74-63(47)55/h4-38H,1-3H3. The summed E-state index contributed by atoms with van der Waals surface area (Å²) in [5.41, 5.74) is 13.2. The van der Waals surface area contributed by atoms with Crippen LogP contribution in [-0.4, -0.2) is 0 Å². The molecule has 0 bridgehead atoms. The molecule has 6 nitrogen and oxygen atoms in total. The van der Waals surface area contributed by atoms with Gasteiger partial charge in [-0.25, -0.2) is 0 Å². The zero-order chi connectivity index (χ0) is 49.0. The summed E-state index contributed by atoms with van der Waals surface area (Å²) in [7, 11) is 0. The van der Waals surface area contributed by atoms with Crippen molar-refractivity contribution in [3.05, 3.63) is 218 Å². The molecular weight excluding hydrogens is 909 g/mol. The van der Waals surface area contributed by atoms with E-state index in [1.165, 1.54) is 27.1 Å². The second-order valence-electron chi connectivity index (χ2n) is 20.8. The molecule has 16 aromatic rings. The second-order valence-corrected chi connectivity index (χ2v) is 20.8. The van der Waals surface area contributed by atoms with E-state index in [4.69, 9.17) is 17.7 Å². The maximum atomic E-state index is 7.20. The molecule has 0 radical (unpaired) electrons. The van der Waals surface area contributed by atoms with Crippen LogP contribution in [0.2, 0.25) is 0 Å². The summed E-state index contributed by atoms with van der Waals surface area (Å²) >= 11 is 0. The van der Waals surface area contributed by atoms with Gasteiger partial charge in [-0.1, -0.05) is 154 Å². The molecule has 0 saturated carbocycles. The normalized spacial score (nSPS) is 12.5. The summed E-state index contributed by atoms with van der Waals surface area (Å²) < 4.78 is 27.6. The molecule has 0 aliphatic heterocycles. The van der Waals surface area contributed by atoms with Crippen LogP contribution in [-0.2, 0) is 5.41 Å². The number of para-hydroxylation sites is 6. The molecule has 0 saturated heterocycles. The zero-order valence-corrected chi connectivity index (χ0v) is 40.7. The van der Waals surface area contributed by atoms with Crippen LogP contribution in [0.4, 0.5) is 34.1 Å². The smallest absolute Gasteiger partial charge is 0.178 e. The number of rotatable bonds is 6. The zero-order valence-electron chi connectivity index (χ0n) is 40.7. The molecule has 0 fully saturated rings. The van der Waals surface area contributed by atoms with E-state index in [-0.39, 0.29) is 5.41 Å². The number of benzene rings is 12. The van der Waals surface area contributed by atoms with E-state index in [1.807, 2.05) is 24.3 Å². The molecule has 0 amide bonds. The topological polar surface area (TPSA) is 59.0 Å². The predicted octanol–water partition coefficient (Wildman–Crippen LogP) is 20.4. The molecule has 6 heteroatoms. The van der Waals surface area contributed by atoms with Crippen molar-refractivity contribution in [3.63, 3.8) is 0 Å². The average Bonchev–Trinajstić information content (AvgIpc) is 4.22. The van der Waals surface area contributed by atoms with E-state index < -0.39 is 0 Å². The van der Waals surface area contributed by atoms with Gasteiger partial charge in [-0.2, -0.15) is 0 Å². The first kappa shape index (κ1) is 41.1. The number of furan rings is 4. The monoisotopic (exact) mass is 952 g/mol. The molecule has 16 rings (SSSR count). The van der Waals surface area contributed by atoms with Crippen molar-refractivity contribution in [2.75, 3.05) is 9.80 Å². The number of hydrogen-bond donors (Lipinski definition) is 0. The quantitative estimate of drug-likeness (QED) is 0.155. The Hall–Kier alpha value is -9.52. The molecule has 350 valence electrons. The van der Waals surface area contributed by atoms with Crippen molar-refractivity contribution in [1.82, 2.24) is 0 Å². The summed E-state index contributed by atoms with van der Waals surface area (Å²) in [6.45, 7) is 6.88. The molecular formula is C68H44N2O4. The fraction of sp³-hybridized carbons (Fsp3) is 0.0588. The van der Waals surface area contributed by atoms with Crippen LogP contribution in [0.5, 0.6) is 0 Å². The third kappa shape index (κ3) is 5.76. The van der Waals surface area contributed by atoms with Crippen LogP contribution in [0.25, 0.3) is 120 Å². The molecule has 0 atom stereocenters. The van der Waals surface area contributed by atoms with Crippen LogP contribution in [0.1, 0.15) is 26.3 Å². The van der Waals surface area contributed by atoms with Crippen LogP contribution in [0.3, 0.4) is 0 Å². The van der Waals surface area contributed by atoms with Crippen molar-refractivity contribution in [2.45, 2.75) is 26.2 Å². The van der Waals surface area contributed by atoms with Crippen molar-refractivity contribution in [2.24, 2.45) is 0 Å². The van der Waals surface area contributed by atoms with E-state index in [0.29, 0.717) is 0 Å². The average molecular weight is 953 g/mol. The fourth-order valence-electron chi connectivity index (χ4n) is 12.1. The lowest BCUT2D eigenvalue weighted by Crippen LogP contribution is -2.15. The van der Waals surface area contributed by atoms with Crippen LogP contribution in [0, 0.1) is 0 Å². The Kier molecular flexibility index (Phi) is 8.34. The van der Waals surface area contributed by atoms with Crippen molar-refractivity contribution < 1.29 is 17.7 Å². The third-order valence-electron chi connectivity index (χ3n) is 15.5. The summed E-state index contributed by atoms with van der Waals surface area (Å²) in [6, 6.07) is 75.9. The maximum absolute atomic E-state index is 7.20. The van der Waals surface area contributed by atoms with Crippen molar-refractivity contribution in [1.29, 1.82) is 0 Å². The van der Waals surface area contributed by atoms with Gasteiger partial charge < -0.3 is 27.5 Å². The minimum absolute atomic E-state index is 0.0482. The Labute approximate surface area is 423 Å². The molecule has 4 heterocycles. The third-order valence-corrected chi connectivity index (χ3v) is 15.5. The maximum Gasteiger partial charge on any atom is 0.178 e. The van der Waals surface area contributed by atoms with Crippen molar-refractivity contribution in [3.8, 4) is 0 Å². The molecule has 0 N–H and O–H groups in total. The lowest BCUT2D eigenvalue weighted by atomic mass is 9.83. The summed E-state index contributed by atoms with van der Waals surface area (Å²) in [5, 5.41) is 15.2. The molecule has 0 aliphatic rings. The van der Waals surface area contributed by atoms with E-state index in [2.05, 4.69) is 219 Å². The Morgan fingerprint density at radius 3 is 1.12 bits per heavy atom. The number of fused-ring (bicyclic) bond motifs is 14. The van der Waals surface area contributed by atoms with Crippen LogP contribution >= 0.6 is 0 Å². The van der Waals surface area contributed by atoms with E-state index in [9.17, 15) is 0 Å². The van der Waals surface area contributed by atoms with Crippen LogP contribution < -0.4 is 9.80 Å². The Morgan fingerprint density at radius 2 is 0.662 bits per heavy atom. The van der Waals surface area contributed by atoms with E-state index in [0.717, 1.165) is 133 Å². The second kappa shape index (κ2) is 15.0. The van der Waals surface area contributed by atoms with Gasteiger partial charge in [0.2, 0.25) is 0 Å². The van der Waals surface area contributed by atoms with Crippen molar-refractivity contribution >= 4 is 154 Å².